The summed E-state index contributed by atoms with van der Waals surface area (Å²) in [6.07, 6.45) is 2.88. The fourth-order valence-electron chi connectivity index (χ4n) is 3.37. The van der Waals surface area contributed by atoms with Gasteiger partial charge in [0.1, 0.15) is 5.75 Å². The van der Waals surface area contributed by atoms with Gasteiger partial charge in [0.05, 0.1) is 0 Å². The molecule has 112 valence electrons. The zero-order valence-corrected chi connectivity index (χ0v) is 13.3. The van der Waals surface area contributed by atoms with E-state index in [1.807, 2.05) is 24.3 Å². The number of phenolic OH excluding ortho intramolecular Hbond substituents is 1. The fourth-order valence-corrected chi connectivity index (χ4v) is 3.37. The third kappa shape index (κ3) is 2.37. The number of benzene rings is 3. The first-order chi connectivity index (χ1) is 10.8. The van der Waals surface area contributed by atoms with E-state index in [0.29, 0.717) is 5.75 Å². The summed E-state index contributed by atoms with van der Waals surface area (Å²) in [5.74, 6) is 0.467. The fraction of sp³-hybridized carbons (Fsp3) is 0.238. The van der Waals surface area contributed by atoms with Crippen LogP contribution in [0.15, 0.2) is 54.6 Å². The van der Waals surface area contributed by atoms with Crippen molar-refractivity contribution in [1.82, 2.24) is 0 Å². The topological polar surface area (TPSA) is 20.2 Å². The molecule has 1 heteroatoms. The molecule has 0 radical (unpaired) electrons. The predicted octanol–water partition coefficient (Wildman–Crippen LogP) is 5.73. The molecule has 0 aromatic heterocycles. The Morgan fingerprint density at radius 3 is 2.05 bits per heavy atom. The van der Waals surface area contributed by atoms with Crippen LogP contribution < -0.4 is 0 Å². The van der Waals surface area contributed by atoms with Crippen molar-refractivity contribution < 1.29 is 5.11 Å². The second-order valence-corrected chi connectivity index (χ2v) is 5.70. The van der Waals surface area contributed by atoms with Crippen LogP contribution in [-0.2, 0) is 12.8 Å². The van der Waals surface area contributed by atoms with Gasteiger partial charge in [-0.05, 0) is 40.5 Å². The van der Waals surface area contributed by atoms with Crippen molar-refractivity contribution >= 4 is 10.8 Å². The highest BCUT2D eigenvalue weighted by molar-refractivity contribution is 6.02. The average Bonchev–Trinajstić information content (AvgIpc) is 2.58. The Labute approximate surface area is 132 Å². The van der Waals surface area contributed by atoms with E-state index in [9.17, 15) is 5.11 Å². The molecule has 0 fully saturated rings. The maximum Gasteiger partial charge on any atom is 0.126 e. The van der Waals surface area contributed by atoms with Crippen LogP contribution in [0.5, 0.6) is 5.75 Å². The van der Waals surface area contributed by atoms with E-state index in [1.54, 1.807) is 0 Å². The van der Waals surface area contributed by atoms with Crippen LogP contribution in [0.3, 0.4) is 0 Å². The zero-order valence-electron chi connectivity index (χ0n) is 13.3. The molecule has 0 atom stereocenters. The number of rotatable bonds is 4. The number of fused-ring (bicyclic) bond motifs is 1. The van der Waals surface area contributed by atoms with Gasteiger partial charge < -0.3 is 5.11 Å². The van der Waals surface area contributed by atoms with Gasteiger partial charge in [-0.3, -0.25) is 0 Å². The van der Waals surface area contributed by atoms with Gasteiger partial charge in [0.25, 0.3) is 0 Å². The number of phenols is 1. The van der Waals surface area contributed by atoms with E-state index in [0.717, 1.165) is 35.6 Å². The molecule has 0 aliphatic carbocycles. The van der Waals surface area contributed by atoms with E-state index < -0.39 is 0 Å². The van der Waals surface area contributed by atoms with Gasteiger partial charge in [0, 0.05) is 5.39 Å². The summed E-state index contributed by atoms with van der Waals surface area (Å²) in [6.45, 7) is 4.34. The lowest BCUT2D eigenvalue weighted by atomic mass is 9.86. The summed E-state index contributed by atoms with van der Waals surface area (Å²) in [5, 5.41) is 12.9. The molecule has 1 nitrogen and oxygen atoms in total. The first kappa shape index (κ1) is 14.6. The highest BCUT2D eigenvalue weighted by atomic mass is 16.3. The Morgan fingerprint density at radius 2 is 1.41 bits per heavy atom. The van der Waals surface area contributed by atoms with Crippen LogP contribution in [0.25, 0.3) is 21.9 Å². The highest BCUT2D eigenvalue weighted by Gasteiger charge is 2.18. The summed E-state index contributed by atoms with van der Waals surface area (Å²) in [7, 11) is 0. The minimum absolute atomic E-state index is 0.467. The monoisotopic (exact) mass is 290 g/mol. The standard InChI is InChI=1S/C21H22O/c1-3-10-18-16(4-2)20(15-11-6-5-7-12-15)17-13-8-9-14-19(17)21(18)22/h5-9,11-14,22H,3-4,10H2,1-2H3. The third-order valence-corrected chi connectivity index (χ3v) is 4.32. The SMILES string of the molecule is CCCc1c(CC)c(-c2ccccc2)c2ccccc2c1O. The Morgan fingerprint density at radius 1 is 0.773 bits per heavy atom. The van der Waals surface area contributed by atoms with Gasteiger partial charge in [0.15, 0.2) is 0 Å². The van der Waals surface area contributed by atoms with Gasteiger partial charge in [-0.1, -0.05) is 74.9 Å². The first-order valence-corrected chi connectivity index (χ1v) is 8.08. The van der Waals surface area contributed by atoms with Gasteiger partial charge >= 0.3 is 0 Å². The molecule has 3 aromatic rings. The van der Waals surface area contributed by atoms with E-state index in [2.05, 4.69) is 44.2 Å². The van der Waals surface area contributed by atoms with E-state index in [-0.39, 0.29) is 0 Å². The molecule has 3 rings (SSSR count). The Balaban J connectivity index is 2.45. The summed E-state index contributed by atoms with van der Waals surface area (Å²) in [5.41, 5.74) is 4.90. The van der Waals surface area contributed by atoms with E-state index in [1.165, 1.54) is 16.7 Å². The number of hydrogen-bond donors (Lipinski definition) is 1. The van der Waals surface area contributed by atoms with Gasteiger partial charge in [-0.15, -0.1) is 0 Å². The molecule has 0 amide bonds. The van der Waals surface area contributed by atoms with Crippen LogP contribution in [0.1, 0.15) is 31.4 Å². The first-order valence-electron chi connectivity index (χ1n) is 8.08. The molecule has 0 unspecified atom stereocenters. The average molecular weight is 290 g/mol. The molecule has 0 saturated carbocycles. The maximum atomic E-state index is 10.8. The lowest BCUT2D eigenvalue weighted by Gasteiger charge is -2.19. The third-order valence-electron chi connectivity index (χ3n) is 4.32. The van der Waals surface area contributed by atoms with Gasteiger partial charge in [0.2, 0.25) is 0 Å². The van der Waals surface area contributed by atoms with Crippen molar-refractivity contribution in [1.29, 1.82) is 0 Å². The van der Waals surface area contributed by atoms with Crippen molar-refractivity contribution in [2.24, 2.45) is 0 Å². The Bertz CT molecular complexity index is 788. The Kier molecular flexibility index (Phi) is 4.15. The Hall–Kier alpha value is -2.28. The van der Waals surface area contributed by atoms with Crippen molar-refractivity contribution in [3.63, 3.8) is 0 Å². The second-order valence-electron chi connectivity index (χ2n) is 5.70. The van der Waals surface area contributed by atoms with Gasteiger partial charge in [-0.25, -0.2) is 0 Å². The van der Waals surface area contributed by atoms with Crippen LogP contribution in [0.4, 0.5) is 0 Å². The summed E-state index contributed by atoms with van der Waals surface area (Å²) < 4.78 is 0. The van der Waals surface area contributed by atoms with E-state index in [4.69, 9.17) is 0 Å². The molecule has 0 bridgehead atoms. The van der Waals surface area contributed by atoms with Crippen molar-refractivity contribution in [3.05, 3.63) is 65.7 Å². The number of hydrogen-bond acceptors (Lipinski definition) is 1. The normalized spacial score (nSPS) is 11.0. The summed E-state index contributed by atoms with van der Waals surface area (Å²) >= 11 is 0. The molecule has 0 aliphatic heterocycles. The highest BCUT2D eigenvalue weighted by Crippen LogP contribution is 2.41. The molecule has 0 spiro atoms. The molecule has 0 aliphatic rings. The second kappa shape index (κ2) is 6.23. The maximum absolute atomic E-state index is 10.8. The quantitative estimate of drug-likeness (QED) is 0.650. The van der Waals surface area contributed by atoms with Gasteiger partial charge in [-0.2, -0.15) is 0 Å². The lowest BCUT2D eigenvalue weighted by molar-refractivity contribution is 0.473. The molecular weight excluding hydrogens is 268 g/mol. The lowest BCUT2D eigenvalue weighted by Crippen LogP contribution is -1.99. The minimum Gasteiger partial charge on any atom is -0.507 e. The molecular formula is C21H22O. The van der Waals surface area contributed by atoms with Crippen LogP contribution in [-0.4, -0.2) is 5.11 Å². The molecule has 3 aromatic carbocycles. The van der Waals surface area contributed by atoms with E-state index >= 15 is 0 Å². The van der Waals surface area contributed by atoms with Crippen molar-refractivity contribution in [2.45, 2.75) is 33.1 Å². The zero-order chi connectivity index (χ0) is 15.5. The minimum atomic E-state index is 0.467. The van der Waals surface area contributed by atoms with Crippen LogP contribution >= 0.6 is 0 Å². The number of aromatic hydroxyl groups is 1. The predicted molar refractivity (Wildman–Crippen MR) is 94.4 cm³/mol. The largest absolute Gasteiger partial charge is 0.507 e. The summed E-state index contributed by atoms with van der Waals surface area (Å²) in [6, 6.07) is 18.7. The molecule has 22 heavy (non-hydrogen) atoms. The summed E-state index contributed by atoms with van der Waals surface area (Å²) in [4.78, 5) is 0. The molecule has 1 N–H and O–H groups in total. The van der Waals surface area contributed by atoms with Crippen LogP contribution in [0, 0.1) is 0 Å². The van der Waals surface area contributed by atoms with Crippen molar-refractivity contribution in [3.8, 4) is 16.9 Å². The smallest absolute Gasteiger partial charge is 0.126 e. The van der Waals surface area contributed by atoms with Crippen molar-refractivity contribution in [2.75, 3.05) is 0 Å². The molecule has 0 saturated heterocycles. The van der Waals surface area contributed by atoms with Crippen LogP contribution in [0.2, 0.25) is 0 Å². The molecule has 0 heterocycles.